The zero-order chi connectivity index (χ0) is 11.8. The lowest BCUT2D eigenvalue weighted by Crippen LogP contribution is -2.40. The summed E-state index contributed by atoms with van der Waals surface area (Å²) in [6.07, 6.45) is 1.69. The van der Waals surface area contributed by atoms with E-state index in [-0.39, 0.29) is 18.1 Å². The number of likely N-dealkylation sites (tertiary alicyclic amines) is 1. The van der Waals surface area contributed by atoms with E-state index in [9.17, 15) is 9.59 Å². The molecule has 2 unspecified atom stereocenters. The molecule has 0 spiro atoms. The summed E-state index contributed by atoms with van der Waals surface area (Å²) < 4.78 is 0. The molecule has 3 rings (SSSR count). The summed E-state index contributed by atoms with van der Waals surface area (Å²) in [6, 6.07) is 10.6. The standard InChI is InChI=1S/C14H15NO2/c16-11-6-7-15(14(17)8-11)13-9-12(13)10-4-2-1-3-5-10/h1-5,12-13H,6-9H2. The van der Waals surface area contributed by atoms with Gasteiger partial charge < -0.3 is 4.90 Å². The van der Waals surface area contributed by atoms with E-state index in [0.29, 0.717) is 24.9 Å². The molecule has 1 aromatic rings. The molecule has 3 nitrogen and oxygen atoms in total. The van der Waals surface area contributed by atoms with Crippen molar-refractivity contribution in [2.24, 2.45) is 0 Å². The third-order valence-electron chi connectivity index (χ3n) is 3.69. The molecule has 1 aliphatic carbocycles. The molecule has 0 N–H and O–H groups in total. The van der Waals surface area contributed by atoms with E-state index in [4.69, 9.17) is 0 Å². The minimum atomic E-state index is 0.0182. The minimum Gasteiger partial charge on any atom is -0.338 e. The maximum absolute atomic E-state index is 11.8. The van der Waals surface area contributed by atoms with Crippen molar-refractivity contribution in [3.63, 3.8) is 0 Å². The number of Topliss-reactive ketones (excluding diaryl/α,β-unsaturated/α-hetero) is 1. The van der Waals surface area contributed by atoms with Crippen molar-refractivity contribution in [3.8, 4) is 0 Å². The van der Waals surface area contributed by atoms with Gasteiger partial charge in [-0.3, -0.25) is 9.59 Å². The summed E-state index contributed by atoms with van der Waals surface area (Å²) in [6.45, 7) is 0.617. The predicted octanol–water partition coefficient (Wildman–Crippen LogP) is 1.73. The SMILES string of the molecule is O=C1CCN(C2CC2c2ccccc2)C(=O)C1. The molecule has 0 bridgehead atoms. The zero-order valence-electron chi connectivity index (χ0n) is 9.63. The van der Waals surface area contributed by atoms with Gasteiger partial charge in [0.15, 0.2) is 0 Å². The van der Waals surface area contributed by atoms with Gasteiger partial charge in [0.1, 0.15) is 5.78 Å². The molecule has 1 amide bonds. The fourth-order valence-corrected chi connectivity index (χ4v) is 2.66. The summed E-state index contributed by atoms with van der Waals surface area (Å²) in [7, 11) is 0. The Bertz CT molecular complexity index is 455. The third-order valence-corrected chi connectivity index (χ3v) is 3.69. The maximum atomic E-state index is 11.8. The molecule has 17 heavy (non-hydrogen) atoms. The Morgan fingerprint density at radius 2 is 1.88 bits per heavy atom. The molecule has 0 aromatic heterocycles. The van der Waals surface area contributed by atoms with Crippen LogP contribution < -0.4 is 0 Å². The second kappa shape index (κ2) is 3.99. The van der Waals surface area contributed by atoms with E-state index in [1.807, 2.05) is 23.1 Å². The molecule has 2 aliphatic rings. The number of rotatable bonds is 2. The molecule has 1 aliphatic heterocycles. The number of nitrogens with zero attached hydrogens (tertiary/aromatic N) is 1. The number of piperidine rings is 1. The van der Waals surface area contributed by atoms with Gasteiger partial charge in [0.05, 0.1) is 6.42 Å². The Balaban J connectivity index is 1.69. The minimum absolute atomic E-state index is 0.0182. The molecule has 1 aromatic carbocycles. The Morgan fingerprint density at radius 3 is 2.59 bits per heavy atom. The number of ketones is 1. The van der Waals surface area contributed by atoms with Gasteiger partial charge in [-0.05, 0) is 12.0 Å². The van der Waals surface area contributed by atoms with Gasteiger partial charge in [0.25, 0.3) is 0 Å². The van der Waals surface area contributed by atoms with Gasteiger partial charge in [-0.25, -0.2) is 0 Å². The Labute approximate surface area is 100 Å². The second-order valence-electron chi connectivity index (χ2n) is 4.87. The summed E-state index contributed by atoms with van der Waals surface area (Å²) in [5.41, 5.74) is 1.31. The van der Waals surface area contributed by atoms with E-state index in [1.54, 1.807) is 0 Å². The lowest BCUT2D eigenvalue weighted by atomic mass is 10.1. The highest BCUT2D eigenvalue weighted by Crippen LogP contribution is 2.45. The zero-order valence-corrected chi connectivity index (χ0v) is 9.63. The first-order chi connectivity index (χ1) is 8.25. The largest absolute Gasteiger partial charge is 0.338 e. The van der Waals surface area contributed by atoms with Gasteiger partial charge >= 0.3 is 0 Å². The molecule has 88 valence electrons. The van der Waals surface area contributed by atoms with Gasteiger partial charge in [-0.1, -0.05) is 30.3 Å². The highest BCUT2D eigenvalue weighted by atomic mass is 16.2. The number of carbonyl (C=O) groups is 2. The van der Waals surface area contributed by atoms with Crippen LogP contribution in [0, 0.1) is 0 Å². The number of carbonyl (C=O) groups excluding carboxylic acids is 2. The van der Waals surface area contributed by atoms with Crippen LogP contribution in [-0.2, 0) is 9.59 Å². The van der Waals surface area contributed by atoms with Crippen molar-refractivity contribution in [1.29, 1.82) is 0 Å². The fraction of sp³-hybridized carbons (Fsp3) is 0.429. The number of amides is 1. The van der Waals surface area contributed by atoms with Crippen LogP contribution in [0.25, 0.3) is 0 Å². The van der Waals surface area contributed by atoms with Crippen LogP contribution in [0.3, 0.4) is 0 Å². The van der Waals surface area contributed by atoms with Crippen LogP contribution in [0.4, 0.5) is 0 Å². The van der Waals surface area contributed by atoms with Gasteiger partial charge in [-0.2, -0.15) is 0 Å². The molecule has 0 radical (unpaired) electrons. The van der Waals surface area contributed by atoms with E-state index in [1.165, 1.54) is 5.56 Å². The molecule has 1 saturated carbocycles. The lowest BCUT2D eigenvalue weighted by molar-refractivity contribution is -0.139. The molecule has 3 heteroatoms. The normalized spacial score (nSPS) is 28.4. The Kier molecular flexibility index (Phi) is 2.46. The van der Waals surface area contributed by atoms with Crippen molar-refractivity contribution in [1.82, 2.24) is 4.90 Å². The number of hydrogen-bond donors (Lipinski definition) is 0. The molecular formula is C14H15NO2. The topological polar surface area (TPSA) is 37.4 Å². The van der Waals surface area contributed by atoms with Crippen molar-refractivity contribution in [3.05, 3.63) is 35.9 Å². The summed E-state index contributed by atoms with van der Waals surface area (Å²) in [5, 5.41) is 0. The van der Waals surface area contributed by atoms with Gasteiger partial charge in [0, 0.05) is 24.9 Å². The van der Waals surface area contributed by atoms with Crippen LogP contribution in [0.15, 0.2) is 30.3 Å². The van der Waals surface area contributed by atoms with Gasteiger partial charge in [0.2, 0.25) is 5.91 Å². The van der Waals surface area contributed by atoms with Crippen LogP contribution in [0.1, 0.15) is 30.7 Å². The molecule has 1 heterocycles. The molecule has 1 saturated heterocycles. The Morgan fingerprint density at radius 1 is 1.12 bits per heavy atom. The number of benzene rings is 1. The quantitative estimate of drug-likeness (QED) is 0.724. The predicted molar refractivity (Wildman–Crippen MR) is 63.5 cm³/mol. The highest BCUT2D eigenvalue weighted by Gasteiger charge is 2.45. The first kappa shape index (κ1) is 10.5. The third kappa shape index (κ3) is 1.97. The second-order valence-corrected chi connectivity index (χ2v) is 4.87. The van der Waals surface area contributed by atoms with E-state index < -0.39 is 0 Å². The van der Waals surface area contributed by atoms with Crippen LogP contribution in [0.5, 0.6) is 0 Å². The van der Waals surface area contributed by atoms with E-state index in [0.717, 1.165) is 6.42 Å². The van der Waals surface area contributed by atoms with Crippen LogP contribution in [-0.4, -0.2) is 29.2 Å². The Hall–Kier alpha value is -1.64. The summed E-state index contributed by atoms with van der Waals surface area (Å²) in [4.78, 5) is 24.8. The van der Waals surface area contributed by atoms with Crippen molar-refractivity contribution >= 4 is 11.7 Å². The van der Waals surface area contributed by atoms with Crippen LogP contribution >= 0.6 is 0 Å². The fourth-order valence-electron chi connectivity index (χ4n) is 2.66. The monoisotopic (exact) mass is 229 g/mol. The number of hydrogen-bond acceptors (Lipinski definition) is 2. The maximum Gasteiger partial charge on any atom is 0.230 e. The summed E-state index contributed by atoms with van der Waals surface area (Å²) in [5.74, 6) is 0.584. The van der Waals surface area contributed by atoms with E-state index >= 15 is 0 Å². The lowest BCUT2D eigenvalue weighted by Gasteiger charge is -2.26. The van der Waals surface area contributed by atoms with Crippen molar-refractivity contribution < 1.29 is 9.59 Å². The average Bonchev–Trinajstić information content (AvgIpc) is 3.10. The van der Waals surface area contributed by atoms with Crippen LogP contribution in [0.2, 0.25) is 0 Å². The molecule has 2 fully saturated rings. The molecular weight excluding hydrogens is 214 g/mol. The average molecular weight is 229 g/mol. The van der Waals surface area contributed by atoms with E-state index in [2.05, 4.69) is 12.1 Å². The first-order valence-corrected chi connectivity index (χ1v) is 6.12. The van der Waals surface area contributed by atoms with Crippen molar-refractivity contribution in [2.45, 2.75) is 31.2 Å². The first-order valence-electron chi connectivity index (χ1n) is 6.12. The smallest absolute Gasteiger partial charge is 0.230 e. The molecule has 2 atom stereocenters. The van der Waals surface area contributed by atoms with Gasteiger partial charge in [-0.15, -0.1) is 0 Å². The highest BCUT2D eigenvalue weighted by molar-refractivity contribution is 6.00. The summed E-state index contributed by atoms with van der Waals surface area (Å²) >= 11 is 0. The van der Waals surface area contributed by atoms with Crippen molar-refractivity contribution in [2.75, 3.05) is 6.54 Å².